The number of carboxylic acids is 1. The summed E-state index contributed by atoms with van der Waals surface area (Å²) in [6, 6.07) is 6.90. The van der Waals surface area contributed by atoms with E-state index in [-0.39, 0.29) is 6.42 Å². The molecule has 0 saturated carbocycles. The van der Waals surface area contributed by atoms with Gasteiger partial charge in [0.25, 0.3) is 0 Å². The first-order valence-electron chi connectivity index (χ1n) is 5.35. The van der Waals surface area contributed by atoms with Gasteiger partial charge in [0.1, 0.15) is 0 Å². The number of hydrogen-bond donors (Lipinski definition) is 3. The summed E-state index contributed by atoms with van der Waals surface area (Å²) in [5, 5.41) is 14.0. The summed E-state index contributed by atoms with van der Waals surface area (Å²) in [5.74, 6) is -0.949. The van der Waals surface area contributed by atoms with E-state index in [1.54, 1.807) is 26.0 Å². The molecule has 6 heteroatoms. The van der Waals surface area contributed by atoms with Gasteiger partial charge in [0.15, 0.2) is 0 Å². The monoisotopic (exact) mass is 362 g/mol. The van der Waals surface area contributed by atoms with Gasteiger partial charge >= 0.3 is 12.0 Å². The Balaban J connectivity index is 2.56. The van der Waals surface area contributed by atoms with Crippen LogP contribution in [-0.2, 0) is 4.79 Å². The Hall–Kier alpha value is -1.31. The maximum Gasteiger partial charge on any atom is 0.319 e. The number of carbonyl (C=O) groups excluding carboxylic acids is 1. The Bertz CT molecular complexity index is 443. The minimum Gasteiger partial charge on any atom is -0.481 e. The van der Waals surface area contributed by atoms with Crippen molar-refractivity contribution in [3.8, 4) is 0 Å². The van der Waals surface area contributed by atoms with Gasteiger partial charge in [0.05, 0.1) is 6.42 Å². The summed E-state index contributed by atoms with van der Waals surface area (Å²) in [4.78, 5) is 22.3. The molecule has 0 fully saturated rings. The molecule has 0 atom stereocenters. The van der Waals surface area contributed by atoms with E-state index in [1.807, 2.05) is 12.1 Å². The molecule has 98 valence electrons. The summed E-state index contributed by atoms with van der Waals surface area (Å²) < 4.78 is 1.07. The average Bonchev–Trinajstić information content (AvgIpc) is 2.18. The number of aliphatic carboxylic acids is 1. The van der Waals surface area contributed by atoms with Crippen LogP contribution in [0.4, 0.5) is 10.5 Å². The minimum atomic E-state index is -0.949. The first-order chi connectivity index (χ1) is 8.28. The van der Waals surface area contributed by atoms with Crippen molar-refractivity contribution in [1.29, 1.82) is 0 Å². The highest BCUT2D eigenvalue weighted by Gasteiger charge is 2.23. The highest BCUT2D eigenvalue weighted by molar-refractivity contribution is 14.1. The number of carbonyl (C=O) groups is 2. The molecule has 0 saturated heterocycles. The number of nitrogens with one attached hydrogen (secondary N) is 2. The van der Waals surface area contributed by atoms with Crippen molar-refractivity contribution in [3.05, 3.63) is 27.8 Å². The molecule has 18 heavy (non-hydrogen) atoms. The summed E-state index contributed by atoms with van der Waals surface area (Å²) in [6.07, 6.45) is -0.132. The Morgan fingerprint density at radius 3 is 2.33 bits per heavy atom. The van der Waals surface area contributed by atoms with Crippen LogP contribution >= 0.6 is 22.6 Å². The molecule has 0 aliphatic heterocycles. The molecule has 0 heterocycles. The zero-order valence-corrected chi connectivity index (χ0v) is 12.3. The number of hydrogen-bond acceptors (Lipinski definition) is 2. The number of amides is 2. The van der Waals surface area contributed by atoms with Gasteiger partial charge in [-0.05, 0) is 60.7 Å². The molecule has 1 rings (SSSR count). The predicted molar refractivity (Wildman–Crippen MR) is 77.6 cm³/mol. The van der Waals surface area contributed by atoms with E-state index in [1.165, 1.54) is 0 Å². The Kier molecular flexibility index (Phi) is 4.94. The van der Waals surface area contributed by atoms with E-state index in [0.29, 0.717) is 5.69 Å². The maximum absolute atomic E-state index is 11.7. The smallest absolute Gasteiger partial charge is 0.319 e. The van der Waals surface area contributed by atoms with Crippen molar-refractivity contribution >= 4 is 40.3 Å². The topological polar surface area (TPSA) is 78.4 Å². The lowest BCUT2D eigenvalue weighted by atomic mass is 10.0. The third-order valence-corrected chi connectivity index (χ3v) is 2.87. The number of urea groups is 1. The quantitative estimate of drug-likeness (QED) is 0.721. The number of anilines is 1. The molecular weight excluding hydrogens is 347 g/mol. The summed E-state index contributed by atoms with van der Waals surface area (Å²) in [7, 11) is 0. The largest absolute Gasteiger partial charge is 0.481 e. The first kappa shape index (κ1) is 14.7. The number of halogens is 1. The van der Waals surface area contributed by atoms with E-state index >= 15 is 0 Å². The fourth-order valence-electron chi connectivity index (χ4n) is 1.43. The molecule has 1 aromatic rings. The van der Waals surface area contributed by atoms with Crippen LogP contribution in [-0.4, -0.2) is 22.6 Å². The third-order valence-electron chi connectivity index (χ3n) is 2.15. The normalized spacial score (nSPS) is 10.8. The molecule has 2 amide bonds. The molecule has 0 aliphatic rings. The summed E-state index contributed by atoms with van der Waals surface area (Å²) in [5.41, 5.74) is -0.127. The van der Waals surface area contributed by atoms with Crippen LogP contribution in [0.15, 0.2) is 24.3 Å². The van der Waals surface area contributed by atoms with Gasteiger partial charge in [0.2, 0.25) is 0 Å². The lowest BCUT2D eigenvalue weighted by Gasteiger charge is -2.24. The van der Waals surface area contributed by atoms with Gasteiger partial charge < -0.3 is 15.7 Å². The van der Waals surface area contributed by atoms with Gasteiger partial charge in [0, 0.05) is 14.8 Å². The van der Waals surface area contributed by atoms with Crippen molar-refractivity contribution in [2.45, 2.75) is 25.8 Å². The summed E-state index contributed by atoms with van der Waals surface area (Å²) >= 11 is 2.17. The lowest BCUT2D eigenvalue weighted by molar-refractivity contribution is -0.138. The van der Waals surface area contributed by atoms with Crippen LogP contribution in [0.25, 0.3) is 0 Å². The highest BCUT2D eigenvalue weighted by atomic mass is 127. The van der Waals surface area contributed by atoms with Crippen LogP contribution in [0.2, 0.25) is 0 Å². The van der Waals surface area contributed by atoms with Crippen LogP contribution in [0.5, 0.6) is 0 Å². The second-order valence-electron chi connectivity index (χ2n) is 4.54. The van der Waals surface area contributed by atoms with E-state index in [0.717, 1.165) is 3.57 Å². The second kappa shape index (κ2) is 6.03. The molecule has 0 spiro atoms. The predicted octanol–water partition coefficient (Wildman–Crippen LogP) is 2.67. The molecule has 0 aliphatic carbocycles. The summed E-state index contributed by atoms with van der Waals surface area (Å²) in [6.45, 7) is 3.32. The number of carboxylic acid groups (broad SMARTS) is 1. The molecule has 5 nitrogen and oxygen atoms in total. The highest BCUT2D eigenvalue weighted by Crippen LogP contribution is 2.12. The van der Waals surface area contributed by atoms with E-state index < -0.39 is 17.5 Å². The van der Waals surface area contributed by atoms with Crippen LogP contribution in [0.3, 0.4) is 0 Å². The van der Waals surface area contributed by atoms with E-state index in [9.17, 15) is 9.59 Å². The molecule has 3 N–H and O–H groups in total. The zero-order valence-electron chi connectivity index (χ0n) is 10.2. The van der Waals surface area contributed by atoms with Gasteiger partial charge in [-0.2, -0.15) is 0 Å². The van der Waals surface area contributed by atoms with Crippen molar-refractivity contribution in [2.75, 3.05) is 5.32 Å². The Morgan fingerprint density at radius 1 is 1.28 bits per heavy atom. The molecule has 0 bridgehead atoms. The number of benzene rings is 1. The zero-order chi connectivity index (χ0) is 13.8. The molecule has 0 unspecified atom stereocenters. The average molecular weight is 362 g/mol. The van der Waals surface area contributed by atoms with Gasteiger partial charge in [-0.1, -0.05) is 0 Å². The van der Waals surface area contributed by atoms with Gasteiger partial charge in [-0.15, -0.1) is 0 Å². The first-order valence-corrected chi connectivity index (χ1v) is 6.43. The minimum absolute atomic E-state index is 0.132. The van der Waals surface area contributed by atoms with Crippen LogP contribution in [0.1, 0.15) is 20.3 Å². The van der Waals surface area contributed by atoms with E-state index in [2.05, 4.69) is 33.2 Å². The van der Waals surface area contributed by atoms with Gasteiger partial charge in [-0.25, -0.2) is 4.79 Å². The van der Waals surface area contributed by atoms with Gasteiger partial charge in [-0.3, -0.25) is 4.79 Å². The molecule has 1 aromatic carbocycles. The fraction of sp³-hybridized carbons (Fsp3) is 0.333. The van der Waals surface area contributed by atoms with Crippen molar-refractivity contribution in [3.63, 3.8) is 0 Å². The SMILES string of the molecule is CC(C)(CC(=O)O)NC(=O)Nc1ccc(I)cc1. The third kappa shape index (κ3) is 5.35. The molecule has 0 radical (unpaired) electrons. The fourth-order valence-corrected chi connectivity index (χ4v) is 1.78. The van der Waals surface area contributed by atoms with Crippen molar-refractivity contribution in [1.82, 2.24) is 5.32 Å². The number of rotatable bonds is 4. The van der Waals surface area contributed by atoms with E-state index in [4.69, 9.17) is 5.11 Å². The van der Waals surface area contributed by atoms with Crippen LogP contribution in [0, 0.1) is 3.57 Å². The van der Waals surface area contributed by atoms with Crippen LogP contribution < -0.4 is 10.6 Å². The second-order valence-corrected chi connectivity index (χ2v) is 5.79. The van der Waals surface area contributed by atoms with Crippen molar-refractivity contribution in [2.24, 2.45) is 0 Å². The Morgan fingerprint density at radius 2 is 1.83 bits per heavy atom. The maximum atomic E-state index is 11.7. The standard InChI is InChI=1S/C12H15IN2O3/c1-12(2,7-10(16)17)15-11(18)14-9-5-3-8(13)4-6-9/h3-6H,7H2,1-2H3,(H,16,17)(H2,14,15,18). The Labute approximate surface area is 119 Å². The molecular formula is C12H15IN2O3. The van der Waals surface area contributed by atoms with Crippen molar-refractivity contribution < 1.29 is 14.7 Å². The molecule has 0 aromatic heterocycles. The lowest BCUT2D eigenvalue weighted by Crippen LogP contribution is -2.46.